The van der Waals surface area contributed by atoms with E-state index in [1.807, 2.05) is 29.2 Å². The quantitative estimate of drug-likeness (QED) is 0.576. The number of nitrogen functional groups attached to an aromatic ring is 1. The van der Waals surface area contributed by atoms with Crippen LogP contribution >= 0.6 is 0 Å². The van der Waals surface area contributed by atoms with E-state index in [9.17, 15) is 14.7 Å². The first-order valence-corrected chi connectivity index (χ1v) is 12.5. The number of hydrogen-bond acceptors (Lipinski definition) is 5. The van der Waals surface area contributed by atoms with Crippen LogP contribution in [-0.2, 0) is 4.79 Å². The van der Waals surface area contributed by atoms with Crippen molar-refractivity contribution in [2.75, 3.05) is 25.9 Å². The minimum atomic E-state index is -0.443. The molecule has 184 valence electrons. The van der Waals surface area contributed by atoms with Gasteiger partial charge in [-0.3, -0.25) is 9.59 Å². The number of likely N-dealkylation sites (tertiary alicyclic amines) is 1. The lowest BCUT2D eigenvalue weighted by molar-refractivity contribution is -0.131. The maximum Gasteiger partial charge on any atom is 0.298 e. The second-order valence-electron chi connectivity index (χ2n) is 10.3. The molecule has 0 bridgehead atoms. The second-order valence-corrected chi connectivity index (χ2v) is 10.3. The van der Waals surface area contributed by atoms with Crippen LogP contribution in [0.1, 0.15) is 73.5 Å². The SMILES string of the molecule is CC#CC(=O)N1CCCC2(CC(n3nc(-c4ccc(C(O)C5CC5)cc4)c(C(=O)NC)c3N)C2)C1. The number of piperidine rings is 1. The van der Waals surface area contributed by atoms with E-state index in [-0.39, 0.29) is 23.3 Å². The summed E-state index contributed by atoms with van der Waals surface area (Å²) in [5.74, 6) is 5.70. The molecule has 2 aromatic rings. The zero-order valence-electron chi connectivity index (χ0n) is 20.4. The van der Waals surface area contributed by atoms with E-state index < -0.39 is 6.10 Å². The second kappa shape index (κ2) is 9.04. The standard InChI is InChI=1S/C27H33N5O3/c1-3-5-21(33)31-13-4-12-27(16-31)14-20(15-27)32-25(28)22(26(35)29-2)23(30-32)17-6-8-18(9-7-17)24(34)19-10-11-19/h6-9,19-20,24,34H,4,10-16,28H2,1-2H3,(H,29,35). The Morgan fingerprint density at radius 2 is 1.97 bits per heavy atom. The van der Waals surface area contributed by atoms with Gasteiger partial charge in [0.25, 0.3) is 11.8 Å². The van der Waals surface area contributed by atoms with Crippen molar-refractivity contribution in [2.24, 2.45) is 11.3 Å². The lowest BCUT2D eigenvalue weighted by Gasteiger charge is -2.52. The third kappa shape index (κ3) is 4.30. The summed E-state index contributed by atoms with van der Waals surface area (Å²) in [7, 11) is 1.59. The molecule has 1 spiro atoms. The summed E-state index contributed by atoms with van der Waals surface area (Å²) in [4.78, 5) is 26.9. The molecule has 8 nitrogen and oxygen atoms in total. The summed E-state index contributed by atoms with van der Waals surface area (Å²) < 4.78 is 1.80. The molecule has 2 saturated carbocycles. The van der Waals surface area contributed by atoms with Crippen molar-refractivity contribution in [2.45, 2.75) is 57.6 Å². The topological polar surface area (TPSA) is 113 Å². The summed E-state index contributed by atoms with van der Waals surface area (Å²) in [6, 6.07) is 7.71. The van der Waals surface area contributed by atoms with Crippen LogP contribution in [-0.4, -0.2) is 51.7 Å². The summed E-state index contributed by atoms with van der Waals surface area (Å²) in [6.07, 6.45) is 5.43. The lowest BCUT2D eigenvalue weighted by Crippen LogP contribution is -2.52. The highest BCUT2D eigenvalue weighted by Gasteiger charge is 2.49. The summed E-state index contributed by atoms with van der Waals surface area (Å²) >= 11 is 0. The molecular formula is C27H33N5O3. The molecule has 1 atom stereocenters. The van der Waals surface area contributed by atoms with E-state index in [1.54, 1.807) is 18.7 Å². The fraction of sp³-hybridized carbons (Fsp3) is 0.519. The predicted octanol–water partition coefficient (Wildman–Crippen LogP) is 2.90. The number of nitrogens with one attached hydrogen (secondary N) is 1. The fourth-order valence-corrected chi connectivity index (χ4v) is 5.81. The minimum absolute atomic E-state index is 0.0559. The van der Waals surface area contributed by atoms with Crippen molar-refractivity contribution in [3.63, 3.8) is 0 Å². The van der Waals surface area contributed by atoms with Crippen molar-refractivity contribution in [3.05, 3.63) is 35.4 Å². The predicted molar refractivity (Wildman–Crippen MR) is 133 cm³/mol. The number of aliphatic hydroxyl groups is 1. The molecule has 1 aliphatic heterocycles. The first-order chi connectivity index (χ1) is 16.9. The maximum absolute atomic E-state index is 12.8. The van der Waals surface area contributed by atoms with Gasteiger partial charge in [-0.15, -0.1) is 0 Å². The molecular weight excluding hydrogens is 442 g/mol. The van der Waals surface area contributed by atoms with Gasteiger partial charge in [0.1, 0.15) is 17.1 Å². The number of carbonyl (C=O) groups is 2. The first-order valence-electron chi connectivity index (χ1n) is 12.5. The van der Waals surface area contributed by atoms with Gasteiger partial charge in [-0.2, -0.15) is 5.10 Å². The highest BCUT2D eigenvalue weighted by atomic mass is 16.3. The number of aliphatic hydroxyl groups excluding tert-OH is 1. The molecule has 8 heteroatoms. The average molecular weight is 476 g/mol. The molecule has 1 aromatic heterocycles. The summed E-state index contributed by atoms with van der Waals surface area (Å²) in [5, 5.41) is 17.9. The molecule has 3 fully saturated rings. The van der Waals surface area contributed by atoms with Gasteiger partial charge in [0.15, 0.2) is 0 Å². The number of hydrogen-bond donors (Lipinski definition) is 3. The smallest absolute Gasteiger partial charge is 0.298 e. The third-order valence-electron chi connectivity index (χ3n) is 7.86. The van der Waals surface area contributed by atoms with Crippen molar-refractivity contribution >= 4 is 17.6 Å². The van der Waals surface area contributed by atoms with Crippen LogP contribution in [0.25, 0.3) is 11.3 Å². The Balaban J connectivity index is 1.38. The number of anilines is 1. The van der Waals surface area contributed by atoms with Crippen LogP contribution in [0, 0.1) is 23.2 Å². The van der Waals surface area contributed by atoms with E-state index in [2.05, 4.69) is 17.2 Å². The van der Waals surface area contributed by atoms with E-state index in [0.717, 1.165) is 56.2 Å². The van der Waals surface area contributed by atoms with Gasteiger partial charge < -0.3 is 21.1 Å². The zero-order valence-corrected chi connectivity index (χ0v) is 20.4. The summed E-state index contributed by atoms with van der Waals surface area (Å²) in [5.41, 5.74) is 9.17. The first kappa shape index (κ1) is 23.4. The normalized spacial score (nSPS) is 24.3. The molecule has 2 aliphatic carbocycles. The summed E-state index contributed by atoms with van der Waals surface area (Å²) in [6.45, 7) is 3.14. The van der Waals surface area contributed by atoms with Gasteiger partial charge in [0.2, 0.25) is 0 Å². The average Bonchev–Trinajstić information content (AvgIpc) is 3.65. The molecule has 3 aliphatic rings. The maximum atomic E-state index is 12.8. The van der Waals surface area contributed by atoms with Crippen molar-refractivity contribution < 1.29 is 14.7 Å². The molecule has 4 N–H and O–H groups in total. The Labute approximate surface area is 205 Å². The number of benzene rings is 1. The van der Waals surface area contributed by atoms with Gasteiger partial charge in [0, 0.05) is 25.7 Å². The van der Waals surface area contributed by atoms with Gasteiger partial charge in [-0.1, -0.05) is 30.2 Å². The van der Waals surface area contributed by atoms with Crippen LogP contribution in [0.2, 0.25) is 0 Å². The van der Waals surface area contributed by atoms with E-state index >= 15 is 0 Å². The lowest BCUT2D eigenvalue weighted by atomic mass is 9.61. The number of rotatable bonds is 5. The Kier molecular flexibility index (Phi) is 6.06. The molecule has 2 amide bonds. The van der Waals surface area contributed by atoms with Crippen molar-refractivity contribution in [1.82, 2.24) is 20.0 Å². The zero-order chi connectivity index (χ0) is 24.7. The number of nitrogens with two attached hydrogens (primary N) is 1. The molecule has 0 radical (unpaired) electrons. The molecule has 5 rings (SSSR count). The van der Waals surface area contributed by atoms with Crippen LogP contribution < -0.4 is 11.1 Å². The third-order valence-corrected chi connectivity index (χ3v) is 7.86. The van der Waals surface area contributed by atoms with Crippen LogP contribution in [0.15, 0.2) is 24.3 Å². The Morgan fingerprint density at radius 3 is 2.60 bits per heavy atom. The largest absolute Gasteiger partial charge is 0.388 e. The highest BCUT2D eigenvalue weighted by Crippen LogP contribution is 2.54. The minimum Gasteiger partial charge on any atom is -0.388 e. The van der Waals surface area contributed by atoms with E-state index in [0.29, 0.717) is 29.5 Å². The van der Waals surface area contributed by atoms with Gasteiger partial charge in [0.05, 0.1) is 12.1 Å². The highest BCUT2D eigenvalue weighted by molar-refractivity contribution is 6.04. The molecule has 1 saturated heterocycles. The van der Waals surface area contributed by atoms with Gasteiger partial charge in [-0.25, -0.2) is 4.68 Å². The Morgan fingerprint density at radius 1 is 1.26 bits per heavy atom. The Hall–Kier alpha value is -3.31. The molecule has 35 heavy (non-hydrogen) atoms. The number of nitrogens with zero attached hydrogens (tertiary/aromatic N) is 3. The molecule has 1 unspecified atom stereocenters. The van der Waals surface area contributed by atoms with Crippen LogP contribution in [0.3, 0.4) is 0 Å². The number of aromatic nitrogens is 2. The van der Waals surface area contributed by atoms with Gasteiger partial charge in [-0.05, 0) is 68.3 Å². The van der Waals surface area contributed by atoms with E-state index in [4.69, 9.17) is 10.8 Å². The van der Waals surface area contributed by atoms with Crippen molar-refractivity contribution in [3.8, 4) is 23.1 Å². The van der Waals surface area contributed by atoms with Gasteiger partial charge >= 0.3 is 0 Å². The van der Waals surface area contributed by atoms with Crippen LogP contribution in [0.4, 0.5) is 5.82 Å². The fourth-order valence-electron chi connectivity index (χ4n) is 5.81. The number of amides is 2. The van der Waals surface area contributed by atoms with Crippen molar-refractivity contribution in [1.29, 1.82) is 0 Å². The number of carbonyl (C=O) groups excluding carboxylic acids is 2. The molecule has 2 heterocycles. The monoisotopic (exact) mass is 475 g/mol. The Bertz CT molecular complexity index is 1200. The van der Waals surface area contributed by atoms with E-state index in [1.165, 1.54) is 0 Å². The van der Waals surface area contributed by atoms with Crippen LogP contribution in [0.5, 0.6) is 0 Å². The molecule has 1 aromatic carbocycles.